The molecule has 7 heteroatoms. The Bertz CT molecular complexity index is 1250. The summed E-state index contributed by atoms with van der Waals surface area (Å²) in [5.74, 6) is 0.635. The van der Waals surface area contributed by atoms with Crippen molar-refractivity contribution >= 4 is 0 Å². The highest BCUT2D eigenvalue weighted by molar-refractivity contribution is 5.80. The second-order valence-electron chi connectivity index (χ2n) is 7.92. The molecule has 0 aliphatic heterocycles. The molecule has 0 spiro atoms. The van der Waals surface area contributed by atoms with Gasteiger partial charge in [0.2, 0.25) is 0 Å². The van der Waals surface area contributed by atoms with Gasteiger partial charge >= 0.3 is 5.69 Å². The maximum atomic E-state index is 13.1. The molecule has 0 saturated carbocycles. The lowest BCUT2D eigenvalue weighted by Crippen LogP contribution is -2.27. The van der Waals surface area contributed by atoms with Gasteiger partial charge in [-0.1, -0.05) is 67.6 Å². The third kappa shape index (κ3) is 4.32. The summed E-state index contributed by atoms with van der Waals surface area (Å²) in [5, 5.41) is 14.3. The molecule has 164 valence electrons. The molecule has 0 radical (unpaired) electrons. The zero-order valence-electron chi connectivity index (χ0n) is 18.7. The van der Waals surface area contributed by atoms with E-state index in [2.05, 4.69) is 70.9 Å². The number of H-pyrrole nitrogens is 1. The summed E-state index contributed by atoms with van der Waals surface area (Å²) >= 11 is 0. The molecule has 0 fully saturated rings. The first kappa shape index (κ1) is 21.5. The van der Waals surface area contributed by atoms with E-state index in [-0.39, 0.29) is 11.7 Å². The molecule has 2 aromatic heterocycles. The molecule has 32 heavy (non-hydrogen) atoms. The minimum absolute atomic E-state index is 0.0473. The SMILES string of the molecule is CC=CCc1cn(C(C)CC)c(=O)n1Cc1ccc(-c2ccccc2-c2nnn[nH]2)cc1. The van der Waals surface area contributed by atoms with Crippen LogP contribution >= 0.6 is 0 Å². The molecule has 1 unspecified atom stereocenters. The lowest BCUT2D eigenvalue weighted by molar-refractivity contribution is 0.504. The van der Waals surface area contributed by atoms with Gasteiger partial charge in [-0.05, 0) is 47.4 Å². The Kier molecular flexibility index (Phi) is 6.44. The Balaban J connectivity index is 1.65. The van der Waals surface area contributed by atoms with Gasteiger partial charge in [0, 0.05) is 29.9 Å². The van der Waals surface area contributed by atoms with Gasteiger partial charge in [0.25, 0.3) is 0 Å². The monoisotopic (exact) mass is 428 g/mol. The van der Waals surface area contributed by atoms with Gasteiger partial charge in [-0.25, -0.2) is 9.89 Å². The number of imidazole rings is 1. The van der Waals surface area contributed by atoms with Crippen molar-refractivity contribution < 1.29 is 0 Å². The molecule has 1 N–H and O–H groups in total. The quantitative estimate of drug-likeness (QED) is 0.415. The van der Waals surface area contributed by atoms with Crippen molar-refractivity contribution in [2.45, 2.75) is 46.2 Å². The summed E-state index contributed by atoms with van der Waals surface area (Å²) < 4.78 is 3.74. The first-order chi connectivity index (χ1) is 15.6. The Morgan fingerprint density at radius 3 is 2.50 bits per heavy atom. The predicted molar refractivity (Wildman–Crippen MR) is 126 cm³/mol. The van der Waals surface area contributed by atoms with E-state index in [0.29, 0.717) is 12.4 Å². The van der Waals surface area contributed by atoms with Crippen molar-refractivity contribution in [2.75, 3.05) is 0 Å². The van der Waals surface area contributed by atoms with Crippen LogP contribution in [0.3, 0.4) is 0 Å². The third-order valence-corrected chi connectivity index (χ3v) is 5.85. The third-order valence-electron chi connectivity index (χ3n) is 5.85. The Morgan fingerprint density at radius 1 is 1.09 bits per heavy atom. The number of hydrogen-bond acceptors (Lipinski definition) is 4. The summed E-state index contributed by atoms with van der Waals surface area (Å²) in [6, 6.07) is 16.5. The van der Waals surface area contributed by atoms with E-state index >= 15 is 0 Å². The lowest BCUT2D eigenvalue weighted by Gasteiger charge is -2.10. The number of rotatable bonds is 8. The van der Waals surface area contributed by atoms with E-state index in [1.165, 1.54) is 0 Å². The van der Waals surface area contributed by atoms with Gasteiger partial charge in [-0.15, -0.1) is 5.10 Å². The molecule has 2 aromatic carbocycles. The Hall–Kier alpha value is -3.74. The van der Waals surface area contributed by atoms with Crippen LogP contribution in [0, 0.1) is 0 Å². The number of allylic oxidation sites excluding steroid dienone is 2. The second-order valence-corrected chi connectivity index (χ2v) is 7.92. The average molecular weight is 429 g/mol. The number of benzene rings is 2. The van der Waals surface area contributed by atoms with E-state index in [4.69, 9.17) is 0 Å². The second kappa shape index (κ2) is 9.60. The minimum atomic E-state index is 0.0473. The van der Waals surface area contributed by atoms with Crippen molar-refractivity contribution in [3.8, 4) is 22.5 Å². The van der Waals surface area contributed by atoms with Gasteiger partial charge in [-0.2, -0.15) is 0 Å². The molecule has 0 amide bonds. The Morgan fingerprint density at radius 2 is 1.84 bits per heavy atom. The first-order valence-electron chi connectivity index (χ1n) is 11.0. The van der Waals surface area contributed by atoms with Gasteiger partial charge in [0.15, 0.2) is 5.82 Å². The highest BCUT2D eigenvalue weighted by Crippen LogP contribution is 2.29. The zero-order valence-corrected chi connectivity index (χ0v) is 18.7. The van der Waals surface area contributed by atoms with Crippen LogP contribution < -0.4 is 5.69 Å². The molecule has 0 saturated heterocycles. The molecule has 0 aliphatic rings. The van der Waals surface area contributed by atoms with Crippen molar-refractivity contribution in [3.63, 3.8) is 0 Å². The van der Waals surface area contributed by atoms with Gasteiger partial charge < -0.3 is 0 Å². The standard InChI is InChI=1S/C25H28N6O/c1-4-6-9-21-17-30(18(3)5-2)25(32)31(21)16-19-12-14-20(15-13-19)22-10-7-8-11-23(22)24-26-28-29-27-24/h4,6-8,10-15,17-18H,5,9,16H2,1-3H3,(H,26,27,28,29). The summed E-state index contributed by atoms with van der Waals surface area (Å²) in [5.41, 5.74) is 5.22. The number of nitrogens with zero attached hydrogens (tertiary/aromatic N) is 5. The van der Waals surface area contributed by atoms with Crippen LogP contribution in [0.1, 0.15) is 44.5 Å². The molecule has 0 aliphatic carbocycles. The molecule has 2 heterocycles. The van der Waals surface area contributed by atoms with Crippen molar-refractivity contribution in [1.82, 2.24) is 29.8 Å². The van der Waals surface area contributed by atoms with Crippen molar-refractivity contribution in [3.05, 3.63) is 88.6 Å². The van der Waals surface area contributed by atoms with Crippen LogP contribution in [0.2, 0.25) is 0 Å². The number of aromatic amines is 1. The zero-order chi connectivity index (χ0) is 22.5. The fourth-order valence-corrected chi connectivity index (χ4v) is 3.82. The largest absolute Gasteiger partial charge is 0.328 e. The van der Waals surface area contributed by atoms with Crippen LogP contribution in [0.15, 0.2) is 71.7 Å². The molecule has 1 atom stereocenters. The van der Waals surface area contributed by atoms with Crippen molar-refractivity contribution in [2.24, 2.45) is 0 Å². The van der Waals surface area contributed by atoms with Gasteiger partial charge in [-0.3, -0.25) is 9.13 Å². The topological polar surface area (TPSA) is 81.4 Å². The average Bonchev–Trinajstić information content (AvgIpc) is 3.47. The van der Waals surface area contributed by atoms with E-state index in [1.807, 2.05) is 46.5 Å². The molecular formula is C25H28N6O. The van der Waals surface area contributed by atoms with Gasteiger partial charge in [0.05, 0.1) is 6.54 Å². The molecule has 7 nitrogen and oxygen atoms in total. The van der Waals surface area contributed by atoms with Crippen molar-refractivity contribution in [1.29, 1.82) is 0 Å². The Labute approximate surface area is 187 Å². The minimum Gasteiger partial charge on any atom is -0.296 e. The molecule has 0 bridgehead atoms. The van der Waals surface area contributed by atoms with Gasteiger partial charge in [0.1, 0.15) is 0 Å². The van der Waals surface area contributed by atoms with E-state index in [0.717, 1.165) is 40.8 Å². The number of aromatic nitrogens is 6. The molecule has 4 rings (SSSR count). The van der Waals surface area contributed by atoms with Crippen LogP contribution in [-0.4, -0.2) is 29.8 Å². The van der Waals surface area contributed by atoms with Crippen LogP contribution in [0.5, 0.6) is 0 Å². The fourth-order valence-electron chi connectivity index (χ4n) is 3.82. The smallest absolute Gasteiger partial charge is 0.296 e. The summed E-state index contributed by atoms with van der Waals surface area (Å²) in [6.45, 7) is 6.73. The first-order valence-corrected chi connectivity index (χ1v) is 11.0. The highest BCUT2D eigenvalue weighted by Gasteiger charge is 2.15. The normalized spacial score (nSPS) is 12.5. The fraction of sp³-hybridized carbons (Fsp3) is 0.280. The maximum Gasteiger partial charge on any atom is 0.328 e. The number of hydrogen-bond donors (Lipinski definition) is 1. The van der Waals surface area contributed by atoms with E-state index < -0.39 is 0 Å². The highest BCUT2D eigenvalue weighted by atomic mass is 16.1. The molecule has 4 aromatic rings. The van der Waals surface area contributed by atoms with Crippen LogP contribution in [-0.2, 0) is 13.0 Å². The molecular weight excluding hydrogens is 400 g/mol. The van der Waals surface area contributed by atoms with E-state index in [1.54, 1.807) is 0 Å². The lowest BCUT2D eigenvalue weighted by atomic mass is 9.98. The predicted octanol–water partition coefficient (Wildman–Crippen LogP) is 4.63. The summed E-state index contributed by atoms with van der Waals surface area (Å²) in [7, 11) is 0. The summed E-state index contributed by atoms with van der Waals surface area (Å²) in [4.78, 5) is 13.1. The van der Waals surface area contributed by atoms with Crippen LogP contribution in [0.4, 0.5) is 0 Å². The van der Waals surface area contributed by atoms with E-state index in [9.17, 15) is 4.79 Å². The maximum absolute atomic E-state index is 13.1. The van der Waals surface area contributed by atoms with Crippen LogP contribution in [0.25, 0.3) is 22.5 Å². The number of nitrogens with one attached hydrogen (secondary N) is 1. The number of tetrazole rings is 1. The summed E-state index contributed by atoms with van der Waals surface area (Å²) in [6.07, 6.45) is 7.77.